The van der Waals surface area contributed by atoms with Gasteiger partial charge in [0.25, 0.3) is 5.92 Å². The zero-order valence-corrected chi connectivity index (χ0v) is 17.2. The summed E-state index contributed by atoms with van der Waals surface area (Å²) in [7, 11) is 0. The molecule has 2 aliphatic rings. The maximum Gasteiger partial charge on any atom is 0.261 e. The lowest BCUT2D eigenvalue weighted by Crippen LogP contribution is -2.60. The minimum absolute atomic E-state index is 0.194. The molecule has 0 radical (unpaired) electrons. The SMILES string of the molecule is Cc1cccc(CN2CCC[C@]3(CN(Cc4cccnc4N)CC(F)(F)C3)C2=O)n1. The first-order chi connectivity index (χ1) is 14.3. The van der Waals surface area contributed by atoms with Gasteiger partial charge >= 0.3 is 0 Å². The molecule has 160 valence electrons. The van der Waals surface area contributed by atoms with Crippen LogP contribution in [0.15, 0.2) is 36.5 Å². The fourth-order valence-electron chi connectivity index (χ4n) is 4.85. The molecule has 2 aromatic rings. The summed E-state index contributed by atoms with van der Waals surface area (Å²) >= 11 is 0. The van der Waals surface area contributed by atoms with Gasteiger partial charge in [-0.05, 0) is 38.0 Å². The van der Waals surface area contributed by atoms with Crippen molar-refractivity contribution in [2.24, 2.45) is 5.41 Å². The second-order valence-corrected chi connectivity index (χ2v) is 8.61. The Hall–Kier alpha value is -2.61. The van der Waals surface area contributed by atoms with E-state index in [2.05, 4.69) is 9.97 Å². The molecule has 2 N–H and O–H groups in total. The monoisotopic (exact) mass is 415 g/mol. The fraction of sp³-hybridized carbons (Fsp3) is 0.500. The average molecular weight is 415 g/mol. The standard InChI is InChI=1S/C22H27F2N5O/c1-16-5-2-7-18(27-16)12-29-10-4-8-21(20(29)30)13-22(23,24)15-28(14-21)11-17-6-3-9-26-19(17)25/h2-3,5-7,9H,4,8,10-15H2,1H3,(H2,25,26)/t21-/m0/s1. The van der Waals surface area contributed by atoms with E-state index in [0.717, 1.165) is 11.4 Å². The van der Waals surface area contributed by atoms with Crippen LogP contribution in [0.4, 0.5) is 14.6 Å². The lowest BCUT2D eigenvalue weighted by atomic mass is 9.71. The molecule has 2 aliphatic heterocycles. The summed E-state index contributed by atoms with van der Waals surface area (Å²) in [6.45, 7) is 2.99. The van der Waals surface area contributed by atoms with E-state index < -0.39 is 17.8 Å². The van der Waals surface area contributed by atoms with Gasteiger partial charge < -0.3 is 10.6 Å². The number of piperidine rings is 2. The number of halogens is 2. The first-order valence-corrected chi connectivity index (χ1v) is 10.3. The van der Waals surface area contributed by atoms with Crippen LogP contribution < -0.4 is 5.73 Å². The Morgan fingerprint density at radius 1 is 1.17 bits per heavy atom. The van der Waals surface area contributed by atoms with Gasteiger partial charge in [-0.1, -0.05) is 12.1 Å². The van der Waals surface area contributed by atoms with Crippen molar-refractivity contribution in [3.63, 3.8) is 0 Å². The highest BCUT2D eigenvalue weighted by Gasteiger charge is 2.55. The summed E-state index contributed by atoms with van der Waals surface area (Å²) in [6.07, 6.45) is 2.34. The van der Waals surface area contributed by atoms with Crippen molar-refractivity contribution in [3.8, 4) is 0 Å². The third-order valence-corrected chi connectivity index (χ3v) is 6.02. The fourth-order valence-corrected chi connectivity index (χ4v) is 4.85. The number of nitrogens with zero attached hydrogens (tertiary/aromatic N) is 4. The largest absolute Gasteiger partial charge is 0.383 e. The van der Waals surface area contributed by atoms with Crippen LogP contribution in [0.1, 0.15) is 36.2 Å². The van der Waals surface area contributed by atoms with Crippen LogP contribution in [0.3, 0.4) is 0 Å². The van der Waals surface area contributed by atoms with Gasteiger partial charge in [-0.2, -0.15) is 0 Å². The van der Waals surface area contributed by atoms with Gasteiger partial charge in [-0.3, -0.25) is 14.7 Å². The Kier molecular flexibility index (Phi) is 5.44. The molecule has 2 aromatic heterocycles. The molecule has 0 aromatic carbocycles. The van der Waals surface area contributed by atoms with Crippen molar-refractivity contribution in [2.75, 3.05) is 25.4 Å². The number of likely N-dealkylation sites (tertiary alicyclic amines) is 2. The first-order valence-electron chi connectivity index (χ1n) is 10.3. The molecule has 0 saturated carbocycles. The summed E-state index contributed by atoms with van der Waals surface area (Å²) in [5, 5.41) is 0. The van der Waals surface area contributed by atoms with Crippen LogP contribution in [0.2, 0.25) is 0 Å². The molecule has 1 atom stereocenters. The van der Waals surface area contributed by atoms with Gasteiger partial charge in [-0.15, -0.1) is 0 Å². The van der Waals surface area contributed by atoms with E-state index in [4.69, 9.17) is 5.73 Å². The number of aryl methyl sites for hydroxylation is 1. The molecular weight excluding hydrogens is 388 g/mol. The lowest BCUT2D eigenvalue weighted by Gasteiger charge is -2.49. The number of carbonyl (C=O) groups is 1. The number of nitrogen functional groups attached to an aromatic ring is 1. The maximum absolute atomic E-state index is 14.8. The Balaban J connectivity index is 1.56. The maximum atomic E-state index is 14.8. The van der Waals surface area contributed by atoms with Crippen molar-refractivity contribution in [2.45, 2.75) is 45.2 Å². The van der Waals surface area contributed by atoms with Gasteiger partial charge in [0, 0.05) is 43.5 Å². The zero-order valence-electron chi connectivity index (χ0n) is 17.2. The number of amides is 1. The minimum atomic E-state index is -2.94. The number of alkyl halides is 2. The molecule has 2 fully saturated rings. The van der Waals surface area contributed by atoms with E-state index in [1.807, 2.05) is 25.1 Å². The third kappa shape index (κ3) is 4.28. The molecule has 1 amide bonds. The van der Waals surface area contributed by atoms with E-state index >= 15 is 0 Å². The van der Waals surface area contributed by atoms with Gasteiger partial charge in [0.1, 0.15) is 5.82 Å². The summed E-state index contributed by atoms with van der Waals surface area (Å²) in [4.78, 5) is 25.3. The van der Waals surface area contributed by atoms with Crippen LogP contribution in [0.5, 0.6) is 0 Å². The van der Waals surface area contributed by atoms with Crippen LogP contribution in [-0.2, 0) is 17.9 Å². The van der Waals surface area contributed by atoms with Gasteiger partial charge in [0.05, 0.1) is 24.2 Å². The number of hydrogen-bond acceptors (Lipinski definition) is 5. The third-order valence-electron chi connectivity index (χ3n) is 6.02. The topological polar surface area (TPSA) is 75.3 Å². The van der Waals surface area contributed by atoms with Crippen molar-refractivity contribution in [1.29, 1.82) is 0 Å². The van der Waals surface area contributed by atoms with E-state index in [-0.39, 0.29) is 19.0 Å². The highest BCUT2D eigenvalue weighted by molar-refractivity contribution is 5.84. The van der Waals surface area contributed by atoms with Crippen molar-refractivity contribution < 1.29 is 13.6 Å². The van der Waals surface area contributed by atoms with E-state index in [9.17, 15) is 13.6 Å². The Morgan fingerprint density at radius 3 is 2.77 bits per heavy atom. The summed E-state index contributed by atoms with van der Waals surface area (Å²) in [6, 6.07) is 9.20. The number of hydrogen-bond donors (Lipinski definition) is 1. The molecule has 4 heterocycles. The number of carbonyl (C=O) groups excluding carboxylic acids is 1. The summed E-state index contributed by atoms with van der Waals surface area (Å²) < 4.78 is 29.6. The van der Waals surface area contributed by atoms with E-state index in [1.165, 1.54) is 0 Å². The van der Waals surface area contributed by atoms with E-state index in [0.29, 0.717) is 43.9 Å². The highest BCUT2D eigenvalue weighted by Crippen LogP contribution is 2.45. The number of nitrogens with two attached hydrogens (primary N) is 1. The Labute approximate surface area is 175 Å². The number of rotatable bonds is 4. The lowest BCUT2D eigenvalue weighted by molar-refractivity contribution is -0.170. The number of pyridine rings is 2. The molecule has 0 bridgehead atoms. The molecule has 8 heteroatoms. The van der Waals surface area contributed by atoms with Crippen molar-refractivity contribution in [1.82, 2.24) is 19.8 Å². The smallest absolute Gasteiger partial charge is 0.261 e. The minimum Gasteiger partial charge on any atom is -0.383 e. The Morgan fingerprint density at radius 2 is 2.00 bits per heavy atom. The van der Waals surface area contributed by atoms with Gasteiger partial charge in [0.15, 0.2) is 0 Å². The van der Waals surface area contributed by atoms with Gasteiger partial charge in [-0.25, -0.2) is 13.8 Å². The van der Waals surface area contributed by atoms with Crippen LogP contribution in [-0.4, -0.2) is 51.2 Å². The van der Waals surface area contributed by atoms with Crippen LogP contribution in [0, 0.1) is 12.3 Å². The molecule has 1 spiro atoms. The van der Waals surface area contributed by atoms with Crippen LogP contribution in [0.25, 0.3) is 0 Å². The molecular formula is C22H27F2N5O. The first kappa shape index (κ1) is 20.7. The zero-order chi connectivity index (χ0) is 21.4. The molecule has 2 saturated heterocycles. The van der Waals surface area contributed by atoms with E-state index in [1.54, 1.807) is 28.1 Å². The van der Waals surface area contributed by atoms with Gasteiger partial charge in [0.2, 0.25) is 5.91 Å². The molecule has 0 aliphatic carbocycles. The molecule has 4 rings (SSSR count). The normalized spacial score (nSPS) is 24.4. The second-order valence-electron chi connectivity index (χ2n) is 8.61. The summed E-state index contributed by atoms with van der Waals surface area (Å²) in [5.74, 6) is -2.79. The van der Waals surface area contributed by atoms with Crippen molar-refractivity contribution >= 4 is 11.7 Å². The predicted molar refractivity (Wildman–Crippen MR) is 110 cm³/mol. The number of anilines is 1. The van der Waals surface area contributed by atoms with Crippen molar-refractivity contribution in [3.05, 3.63) is 53.5 Å². The average Bonchev–Trinajstić information content (AvgIpc) is 2.66. The Bertz CT molecular complexity index is 937. The second kappa shape index (κ2) is 7.91. The predicted octanol–water partition coefficient (Wildman–Crippen LogP) is 3.02. The molecule has 6 nitrogen and oxygen atoms in total. The number of aromatic nitrogens is 2. The molecule has 30 heavy (non-hydrogen) atoms. The summed E-state index contributed by atoms with van der Waals surface area (Å²) in [5.41, 5.74) is 7.19. The quantitative estimate of drug-likeness (QED) is 0.831. The molecule has 0 unspecified atom stereocenters. The highest BCUT2D eigenvalue weighted by atomic mass is 19.3. The van der Waals surface area contributed by atoms with Crippen LogP contribution >= 0.6 is 0 Å².